The molecule has 0 heterocycles. The van der Waals surface area contributed by atoms with Crippen molar-refractivity contribution >= 4 is 5.97 Å². The van der Waals surface area contributed by atoms with Crippen LogP contribution in [0.1, 0.15) is 20.3 Å². The van der Waals surface area contributed by atoms with E-state index in [1.165, 1.54) is 0 Å². The standard InChI is InChI=1S/C34H55F5O14/c1-27(2)52-26-25-51-24-23-50-22-21-49-20-19-48-18-17-47-16-15-46-14-13-45-12-11-44-10-9-43-8-7-42-6-5-41-4-3-28(40)53-34-32(38)30(36)29(35)31(37)33(34)39/h27H,3-26H2,1-2H3. The van der Waals surface area contributed by atoms with Gasteiger partial charge in [-0.15, -0.1) is 0 Å². The van der Waals surface area contributed by atoms with E-state index in [9.17, 15) is 26.7 Å². The highest BCUT2D eigenvalue weighted by atomic mass is 19.2. The quantitative estimate of drug-likeness (QED) is 0.0242. The second-order valence-corrected chi connectivity index (χ2v) is 10.8. The van der Waals surface area contributed by atoms with E-state index in [0.717, 1.165) is 0 Å². The zero-order chi connectivity index (χ0) is 38.8. The van der Waals surface area contributed by atoms with Crippen molar-refractivity contribution in [2.45, 2.75) is 26.4 Å². The van der Waals surface area contributed by atoms with Crippen molar-refractivity contribution in [3.8, 4) is 5.75 Å². The Hall–Kier alpha value is -2.14. The number of ether oxygens (including phenoxy) is 13. The summed E-state index contributed by atoms with van der Waals surface area (Å²) < 4.78 is 135. The molecule has 0 aromatic heterocycles. The molecule has 0 fully saturated rings. The van der Waals surface area contributed by atoms with Crippen LogP contribution in [0.5, 0.6) is 5.75 Å². The highest BCUT2D eigenvalue weighted by molar-refractivity contribution is 5.72. The van der Waals surface area contributed by atoms with Gasteiger partial charge < -0.3 is 61.6 Å². The highest BCUT2D eigenvalue weighted by Gasteiger charge is 2.28. The Morgan fingerprint density at radius 1 is 0.377 bits per heavy atom. The number of carbonyl (C=O) groups is 1. The van der Waals surface area contributed by atoms with Crippen LogP contribution in [0.15, 0.2) is 0 Å². The monoisotopic (exact) mass is 782 g/mol. The Balaban J connectivity index is 1.72. The minimum absolute atomic E-state index is 0.0795. The number of carbonyl (C=O) groups excluding carboxylic acids is 1. The molecule has 14 nitrogen and oxygen atoms in total. The minimum Gasteiger partial charge on any atom is -0.420 e. The molecule has 0 unspecified atom stereocenters. The molecular weight excluding hydrogens is 727 g/mol. The maximum absolute atomic E-state index is 13.5. The molecule has 53 heavy (non-hydrogen) atoms. The van der Waals surface area contributed by atoms with Gasteiger partial charge in [0.2, 0.25) is 34.8 Å². The van der Waals surface area contributed by atoms with E-state index in [1.807, 2.05) is 13.8 Å². The molecule has 0 amide bonds. The molecule has 0 saturated heterocycles. The molecule has 0 atom stereocenters. The molecule has 1 rings (SSSR count). The van der Waals surface area contributed by atoms with Gasteiger partial charge in [0.1, 0.15) is 0 Å². The highest BCUT2D eigenvalue weighted by Crippen LogP contribution is 2.29. The topological polar surface area (TPSA) is 137 Å². The lowest BCUT2D eigenvalue weighted by atomic mass is 10.2. The molecule has 0 aliphatic heterocycles. The largest absolute Gasteiger partial charge is 0.420 e. The van der Waals surface area contributed by atoms with Gasteiger partial charge in [0.15, 0.2) is 0 Å². The Morgan fingerprint density at radius 2 is 0.604 bits per heavy atom. The van der Waals surface area contributed by atoms with Crippen LogP contribution in [0.4, 0.5) is 22.0 Å². The molecule has 310 valence electrons. The fourth-order valence-corrected chi connectivity index (χ4v) is 3.64. The number of hydrogen-bond acceptors (Lipinski definition) is 14. The van der Waals surface area contributed by atoms with Crippen molar-refractivity contribution in [3.05, 3.63) is 29.1 Å². The maximum atomic E-state index is 13.5. The lowest BCUT2D eigenvalue weighted by Crippen LogP contribution is -2.16. The molecule has 0 aliphatic rings. The van der Waals surface area contributed by atoms with Crippen LogP contribution in [0.25, 0.3) is 0 Å². The first kappa shape index (κ1) is 48.9. The van der Waals surface area contributed by atoms with E-state index in [1.54, 1.807) is 0 Å². The average Bonchev–Trinajstić information content (AvgIpc) is 3.14. The Bertz CT molecular complexity index is 1010. The van der Waals surface area contributed by atoms with Crippen molar-refractivity contribution < 1.29 is 88.3 Å². The van der Waals surface area contributed by atoms with Gasteiger partial charge in [-0.2, -0.15) is 8.78 Å². The molecule has 0 spiro atoms. The first-order chi connectivity index (χ1) is 25.8. The molecule has 0 radical (unpaired) electrons. The van der Waals surface area contributed by atoms with Crippen molar-refractivity contribution in [3.63, 3.8) is 0 Å². The van der Waals surface area contributed by atoms with Gasteiger partial charge in [0.05, 0.1) is 164 Å². The SMILES string of the molecule is CC(C)OCCOCCOCCOCCOCCOCCOCCOCCOCCOCCOCCOCCC(=O)Oc1c(F)c(F)c(F)c(F)c1F. The third-order valence-electron chi connectivity index (χ3n) is 6.23. The third kappa shape index (κ3) is 27.1. The van der Waals surface area contributed by atoms with Crippen LogP contribution in [0, 0.1) is 29.1 Å². The summed E-state index contributed by atoms with van der Waals surface area (Å²) in [5, 5.41) is 0. The summed E-state index contributed by atoms with van der Waals surface area (Å²) in [6.07, 6.45) is -0.278. The third-order valence-corrected chi connectivity index (χ3v) is 6.23. The van der Waals surface area contributed by atoms with Gasteiger partial charge in [0, 0.05) is 0 Å². The lowest BCUT2D eigenvalue weighted by Gasteiger charge is -2.09. The fourth-order valence-electron chi connectivity index (χ4n) is 3.64. The zero-order valence-corrected chi connectivity index (χ0v) is 30.7. The smallest absolute Gasteiger partial charge is 0.313 e. The molecule has 1 aromatic rings. The Kier molecular flexibility index (Phi) is 31.7. The van der Waals surface area contributed by atoms with E-state index in [0.29, 0.717) is 126 Å². The summed E-state index contributed by atoms with van der Waals surface area (Å²) in [4.78, 5) is 11.7. The molecule has 0 bridgehead atoms. The summed E-state index contributed by atoms with van der Waals surface area (Å²) in [6.45, 7) is 13.0. The van der Waals surface area contributed by atoms with Gasteiger partial charge in [-0.1, -0.05) is 0 Å². The Morgan fingerprint density at radius 3 is 0.868 bits per heavy atom. The first-order valence-corrected chi connectivity index (χ1v) is 17.4. The van der Waals surface area contributed by atoms with Crippen LogP contribution in [-0.2, 0) is 61.6 Å². The van der Waals surface area contributed by atoms with E-state index >= 15 is 0 Å². The maximum Gasteiger partial charge on any atom is 0.313 e. The van der Waals surface area contributed by atoms with Gasteiger partial charge in [-0.05, 0) is 13.8 Å². The summed E-state index contributed by atoms with van der Waals surface area (Å²) in [6, 6.07) is 0. The molecule has 1 aromatic carbocycles. The molecule has 19 heteroatoms. The molecule has 0 aliphatic carbocycles. The number of esters is 1. The number of halogens is 5. The Labute approximate surface area is 307 Å². The van der Waals surface area contributed by atoms with Gasteiger partial charge in [0.25, 0.3) is 0 Å². The van der Waals surface area contributed by atoms with Crippen LogP contribution in [0.2, 0.25) is 0 Å². The second-order valence-electron chi connectivity index (χ2n) is 10.8. The molecule has 0 N–H and O–H groups in total. The lowest BCUT2D eigenvalue weighted by molar-refractivity contribution is -0.136. The van der Waals surface area contributed by atoms with Crippen LogP contribution in [-0.4, -0.2) is 164 Å². The van der Waals surface area contributed by atoms with Crippen molar-refractivity contribution in [2.75, 3.05) is 152 Å². The van der Waals surface area contributed by atoms with Gasteiger partial charge in [-0.3, -0.25) is 4.79 Å². The van der Waals surface area contributed by atoms with Crippen LogP contribution < -0.4 is 4.74 Å². The fraction of sp³-hybridized carbons (Fsp3) is 0.794. The summed E-state index contributed by atoms with van der Waals surface area (Å²) in [5.41, 5.74) is 0. The van der Waals surface area contributed by atoms with Gasteiger partial charge >= 0.3 is 5.97 Å². The van der Waals surface area contributed by atoms with E-state index in [4.69, 9.17) is 56.8 Å². The van der Waals surface area contributed by atoms with Crippen molar-refractivity contribution in [2.24, 2.45) is 0 Å². The van der Waals surface area contributed by atoms with Gasteiger partial charge in [-0.25, -0.2) is 13.2 Å². The number of hydrogen-bond donors (Lipinski definition) is 0. The average molecular weight is 783 g/mol. The molecule has 0 saturated carbocycles. The van der Waals surface area contributed by atoms with Crippen LogP contribution >= 0.6 is 0 Å². The predicted octanol–water partition coefficient (Wildman–Crippen LogP) is 3.29. The second kappa shape index (κ2) is 34.4. The summed E-state index contributed by atoms with van der Waals surface area (Å²) in [7, 11) is 0. The van der Waals surface area contributed by atoms with E-state index in [-0.39, 0.29) is 32.5 Å². The number of rotatable bonds is 38. The first-order valence-electron chi connectivity index (χ1n) is 17.4. The summed E-state index contributed by atoms with van der Waals surface area (Å²) >= 11 is 0. The van der Waals surface area contributed by atoms with Crippen molar-refractivity contribution in [1.29, 1.82) is 0 Å². The summed E-state index contributed by atoms with van der Waals surface area (Å²) in [5.74, 6) is -14.1. The number of benzene rings is 1. The van der Waals surface area contributed by atoms with E-state index in [2.05, 4.69) is 4.74 Å². The molecular formula is C34H55F5O14. The normalized spacial score (nSPS) is 11.6. The minimum atomic E-state index is -2.35. The zero-order valence-electron chi connectivity index (χ0n) is 30.7. The van der Waals surface area contributed by atoms with Crippen LogP contribution in [0.3, 0.4) is 0 Å². The van der Waals surface area contributed by atoms with Crippen molar-refractivity contribution in [1.82, 2.24) is 0 Å². The predicted molar refractivity (Wildman–Crippen MR) is 177 cm³/mol. The van der Waals surface area contributed by atoms with E-state index < -0.39 is 47.2 Å².